The van der Waals surface area contributed by atoms with E-state index in [2.05, 4.69) is 19.1 Å². The van der Waals surface area contributed by atoms with Crippen LogP contribution in [0, 0.1) is 0 Å². The fraction of sp³-hybridized carbons (Fsp3) is 0.895. The summed E-state index contributed by atoms with van der Waals surface area (Å²) in [6, 6.07) is 0. The molecule has 120 valence electrons. The summed E-state index contributed by atoms with van der Waals surface area (Å²) in [6.45, 7) is 3.07. The molecule has 0 fully saturated rings. The Labute approximate surface area is 128 Å². The molecule has 0 aliphatic heterocycles. The molecule has 0 aromatic carbocycles. The van der Waals surface area contributed by atoms with Crippen LogP contribution in [0.5, 0.6) is 0 Å². The molecule has 1 heteroatoms. The third kappa shape index (κ3) is 17.7. The Balaban J connectivity index is 2.96. The van der Waals surface area contributed by atoms with Gasteiger partial charge < -0.3 is 5.73 Å². The first-order valence-electron chi connectivity index (χ1n) is 9.27. The van der Waals surface area contributed by atoms with Gasteiger partial charge in [-0.2, -0.15) is 0 Å². The van der Waals surface area contributed by atoms with Crippen LogP contribution in [0.3, 0.4) is 0 Å². The van der Waals surface area contributed by atoms with E-state index in [9.17, 15) is 0 Å². The molecule has 0 bridgehead atoms. The third-order valence-corrected chi connectivity index (χ3v) is 3.97. The standard InChI is InChI=1S/C19H39N/c1-2-3-4-5-6-7-8-9-10-11-12-13-14-15-16-17-18-19-20/h16-17H,2-15,18-20H2,1H3. The average Bonchev–Trinajstić information content (AvgIpc) is 2.47. The summed E-state index contributed by atoms with van der Waals surface area (Å²) < 4.78 is 0. The summed E-state index contributed by atoms with van der Waals surface area (Å²) in [5.74, 6) is 0. The van der Waals surface area contributed by atoms with Crippen molar-refractivity contribution >= 4 is 0 Å². The van der Waals surface area contributed by atoms with E-state index in [0.717, 1.165) is 13.0 Å². The first-order valence-corrected chi connectivity index (χ1v) is 9.27. The number of unbranched alkanes of at least 4 members (excludes halogenated alkanes) is 13. The van der Waals surface area contributed by atoms with Gasteiger partial charge in [-0.3, -0.25) is 0 Å². The molecule has 0 saturated carbocycles. The molecule has 0 aliphatic rings. The molecule has 0 amide bonds. The highest BCUT2D eigenvalue weighted by atomic mass is 14.5. The molecular formula is C19H39N. The van der Waals surface area contributed by atoms with E-state index in [-0.39, 0.29) is 0 Å². The quantitative estimate of drug-likeness (QED) is 0.258. The van der Waals surface area contributed by atoms with Crippen LogP contribution >= 0.6 is 0 Å². The van der Waals surface area contributed by atoms with Crippen molar-refractivity contribution in [3.05, 3.63) is 12.2 Å². The van der Waals surface area contributed by atoms with Gasteiger partial charge in [0.15, 0.2) is 0 Å². The number of allylic oxidation sites excluding steroid dienone is 1. The second-order valence-corrected chi connectivity index (χ2v) is 6.08. The molecule has 0 atom stereocenters. The van der Waals surface area contributed by atoms with Crippen molar-refractivity contribution < 1.29 is 0 Å². The van der Waals surface area contributed by atoms with Crippen LogP contribution in [0.4, 0.5) is 0 Å². The Hall–Kier alpha value is -0.300. The molecule has 0 heterocycles. The van der Waals surface area contributed by atoms with Crippen LogP contribution in [0.2, 0.25) is 0 Å². The Morgan fingerprint density at radius 2 is 0.950 bits per heavy atom. The molecule has 0 aromatic heterocycles. The summed E-state index contributed by atoms with van der Waals surface area (Å²) in [4.78, 5) is 0. The molecule has 1 nitrogen and oxygen atoms in total. The fourth-order valence-electron chi connectivity index (χ4n) is 2.61. The van der Waals surface area contributed by atoms with Crippen LogP contribution in [0.1, 0.15) is 103 Å². The minimum Gasteiger partial charge on any atom is -0.330 e. The summed E-state index contributed by atoms with van der Waals surface area (Å²) in [7, 11) is 0. The molecule has 0 rings (SSSR count). The van der Waals surface area contributed by atoms with Crippen molar-refractivity contribution in [2.75, 3.05) is 6.54 Å². The molecular weight excluding hydrogens is 242 g/mol. The zero-order valence-electron chi connectivity index (χ0n) is 14.0. The minimum absolute atomic E-state index is 0.787. The topological polar surface area (TPSA) is 26.0 Å². The first kappa shape index (κ1) is 19.7. The zero-order valence-corrected chi connectivity index (χ0v) is 14.0. The van der Waals surface area contributed by atoms with Crippen LogP contribution < -0.4 is 5.73 Å². The SMILES string of the molecule is CCCCCCCCCCCCCCCC=CCCN. The van der Waals surface area contributed by atoms with E-state index in [1.54, 1.807) is 0 Å². The maximum atomic E-state index is 5.44. The lowest BCUT2D eigenvalue weighted by Gasteiger charge is -2.02. The Morgan fingerprint density at radius 1 is 0.550 bits per heavy atom. The first-order chi connectivity index (χ1) is 9.91. The van der Waals surface area contributed by atoms with Gasteiger partial charge in [-0.1, -0.05) is 96.1 Å². The van der Waals surface area contributed by atoms with Gasteiger partial charge in [-0.25, -0.2) is 0 Å². The number of rotatable bonds is 16. The maximum Gasteiger partial charge on any atom is -0.00426 e. The summed E-state index contributed by atoms with van der Waals surface area (Å²) in [6.07, 6.45) is 25.5. The molecule has 0 aromatic rings. The van der Waals surface area contributed by atoms with Gasteiger partial charge in [0.05, 0.1) is 0 Å². The molecule has 0 saturated heterocycles. The van der Waals surface area contributed by atoms with E-state index in [1.807, 2.05) is 0 Å². The van der Waals surface area contributed by atoms with Gasteiger partial charge >= 0.3 is 0 Å². The lowest BCUT2D eigenvalue weighted by Crippen LogP contribution is -1.94. The van der Waals surface area contributed by atoms with Gasteiger partial charge in [0.2, 0.25) is 0 Å². The summed E-state index contributed by atoms with van der Waals surface area (Å²) in [5.41, 5.74) is 5.44. The highest BCUT2D eigenvalue weighted by Crippen LogP contribution is 2.12. The lowest BCUT2D eigenvalue weighted by atomic mass is 10.0. The van der Waals surface area contributed by atoms with E-state index in [1.165, 1.54) is 89.9 Å². The van der Waals surface area contributed by atoms with Crippen molar-refractivity contribution in [3.8, 4) is 0 Å². The minimum atomic E-state index is 0.787. The zero-order chi connectivity index (χ0) is 14.7. The van der Waals surface area contributed by atoms with Crippen molar-refractivity contribution in [2.24, 2.45) is 5.73 Å². The maximum absolute atomic E-state index is 5.44. The summed E-state index contributed by atoms with van der Waals surface area (Å²) in [5, 5.41) is 0. The Morgan fingerprint density at radius 3 is 1.40 bits per heavy atom. The predicted octanol–water partition coefficient (Wildman–Crippen LogP) is 6.37. The second kappa shape index (κ2) is 18.7. The number of nitrogens with two attached hydrogens (primary N) is 1. The second-order valence-electron chi connectivity index (χ2n) is 6.08. The van der Waals surface area contributed by atoms with Crippen LogP contribution in [-0.2, 0) is 0 Å². The van der Waals surface area contributed by atoms with E-state index in [4.69, 9.17) is 5.73 Å². The van der Waals surface area contributed by atoms with E-state index >= 15 is 0 Å². The van der Waals surface area contributed by atoms with Crippen molar-refractivity contribution in [2.45, 2.75) is 103 Å². The largest absolute Gasteiger partial charge is 0.330 e. The molecule has 0 aliphatic carbocycles. The van der Waals surface area contributed by atoms with Gasteiger partial charge in [-0.05, 0) is 25.8 Å². The normalized spacial score (nSPS) is 11.5. The average molecular weight is 282 g/mol. The highest BCUT2D eigenvalue weighted by Gasteiger charge is 1.93. The Bertz CT molecular complexity index is 186. The fourth-order valence-corrected chi connectivity index (χ4v) is 2.61. The molecule has 0 radical (unpaired) electrons. The molecule has 2 N–H and O–H groups in total. The van der Waals surface area contributed by atoms with E-state index in [0.29, 0.717) is 0 Å². The highest BCUT2D eigenvalue weighted by molar-refractivity contribution is 4.81. The van der Waals surface area contributed by atoms with Gasteiger partial charge in [0.1, 0.15) is 0 Å². The van der Waals surface area contributed by atoms with Gasteiger partial charge in [0, 0.05) is 0 Å². The monoisotopic (exact) mass is 281 g/mol. The van der Waals surface area contributed by atoms with Crippen LogP contribution in [0.15, 0.2) is 12.2 Å². The molecule has 20 heavy (non-hydrogen) atoms. The van der Waals surface area contributed by atoms with Gasteiger partial charge in [0.25, 0.3) is 0 Å². The number of hydrogen-bond acceptors (Lipinski definition) is 1. The van der Waals surface area contributed by atoms with Gasteiger partial charge in [-0.15, -0.1) is 0 Å². The number of hydrogen-bond donors (Lipinski definition) is 1. The smallest absolute Gasteiger partial charge is 0.00426 e. The van der Waals surface area contributed by atoms with Crippen molar-refractivity contribution in [1.82, 2.24) is 0 Å². The van der Waals surface area contributed by atoms with Crippen LogP contribution in [0.25, 0.3) is 0 Å². The van der Waals surface area contributed by atoms with E-state index < -0.39 is 0 Å². The molecule has 0 spiro atoms. The van der Waals surface area contributed by atoms with Crippen molar-refractivity contribution in [1.29, 1.82) is 0 Å². The Kier molecular flexibility index (Phi) is 18.4. The third-order valence-electron chi connectivity index (χ3n) is 3.97. The lowest BCUT2D eigenvalue weighted by molar-refractivity contribution is 0.540. The summed E-state index contributed by atoms with van der Waals surface area (Å²) >= 11 is 0. The van der Waals surface area contributed by atoms with Crippen LogP contribution in [-0.4, -0.2) is 6.54 Å². The van der Waals surface area contributed by atoms with Crippen molar-refractivity contribution in [3.63, 3.8) is 0 Å². The predicted molar refractivity (Wildman–Crippen MR) is 93.1 cm³/mol. The molecule has 0 unspecified atom stereocenters.